The number of hydrogen-bond donors (Lipinski definition) is 1. The van der Waals surface area contributed by atoms with E-state index in [0.29, 0.717) is 6.04 Å². The summed E-state index contributed by atoms with van der Waals surface area (Å²) in [5.74, 6) is 0.158. The molecule has 3 rings (SSSR count). The summed E-state index contributed by atoms with van der Waals surface area (Å²) < 4.78 is 0. The van der Waals surface area contributed by atoms with Crippen molar-refractivity contribution in [3.8, 4) is 0 Å². The van der Waals surface area contributed by atoms with Crippen LogP contribution in [-0.2, 0) is 4.79 Å². The molecule has 108 valence electrons. The first-order valence-electron chi connectivity index (χ1n) is 7.56. The molecule has 20 heavy (non-hydrogen) atoms. The van der Waals surface area contributed by atoms with Crippen LogP contribution in [0.3, 0.4) is 0 Å². The molecule has 0 radical (unpaired) electrons. The Balaban J connectivity index is 1.71. The number of nitrogens with one attached hydrogen (secondary N) is 1. The van der Waals surface area contributed by atoms with Gasteiger partial charge in [0.05, 0.1) is 5.92 Å². The molecule has 1 spiro atoms. The van der Waals surface area contributed by atoms with E-state index in [9.17, 15) is 4.79 Å². The van der Waals surface area contributed by atoms with E-state index < -0.39 is 0 Å². The van der Waals surface area contributed by atoms with Gasteiger partial charge in [0.25, 0.3) is 0 Å². The molecule has 2 aliphatic heterocycles. The van der Waals surface area contributed by atoms with Crippen molar-refractivity contribution >= 4 is 5.91 Å². The smallest absolute Gasteiger partial charge is 0.228 e. The summed E-state index contributed by atoms with van der Waals surface area (Å²) in [6.45, 7) is 6.64. The van der Waals surface area contributed by atoms with Crippen molar-refractivity contribution in [2.45, 2.75) is 50.6 Å². The molecule has 2 fully saturated rings. The first-order valence-corrected chi connectivity index (χ1v) is 7.56. The van der Waals surface area contributed by atoms with Crippen molar-refractivity contribution in [3.05, 3.63) is 30.1 Å². The van der Waals surface area contributed by atoms with Crippen LogP contribution in [0.25, 0.3) is 0 Å². The Hall–Kier alpha value is -1.42. The lowest BCUT2D eigenvalue weighted by molar-refractivity contribution is -0.121. The van der Waals surface area contributed by atoms with Gasteiger partial charge in [-0.1, -0.05) is 6.07 Å². The molecule has 0 aliphatic carbocycles. The molecule has 0 saturated carbocycles. The maximum atomic E-state index is 12.3. The van der Waals surface area contributed by atoms with Crippen LogP contribution in [0.1, 0.15) is 44.6 Å². The van der Waals surface area contributed by atoms with E-state index in [1.54, 1.807) is 6.20 Å². The first kappa shape index (κ1) is 13.6. The molecule has 1 atom stereocenters. The second-order valence-corrected chi connectivity index (χ2v) is 6.44. The Kier molecular flexibility index (Phi) is 3.50. The Bertz CT molecular complexity index is 478. The molecular weight excluding hydrogens is 250 g/mol. The minimum absolute atomic E-state index is 0.0168. The third-order valence-electron chi connectivity index (χ3n) is 4.87. The van der Waals surface area contributed by atoms with Crippen LogP contribution < -0.4 is 5.32 Å². The van der Waals surface area contributed by atoms with Crippen molar-refractivity contribution in [2.75, 3.05) is 13.1 Å². The summed E-state index contributed by atoms with van der Waals surface area (Å²) in [6.07, 6.45) is 6.63. The van der Waals surface area contributed by atoms with Crippen LogP contribution in [-0.4, -0.2) is 40.5 Å². The Morgan fingerprint density at radius 3 is 2.75 bits per heavy atom. The average molecular weight is 273 g/mol. The summed E-state index contributed by atoms with van der Waals surface area (Å²) in [5.41, 5.74) is 1.07. The second-order valence-electron chi connectivity index (χ2n) is 6.44. The quantitative estimate of drug-likeness (QED) is 0.895. The number of carbonyl (C=O) groups excluding carboxylic acids is 1. The largest absolute Gasteiger partial charge is 0.350 e. The number of aromatic nitrogens is 1. The Morgan fingerprint density at radius 2 is 2.15 bits per heavy atom. The number of pyridine rings is 1. The van der Waals surface area contributed by atoms with Crippen LogP contribution in [0.2, 0.25) is 0 Å². The van der Waals surface area contributed by atoms with Gasteiger partial charge in [0.15, 0.2) is 0 Å². The molecule has 1 aromatic rings. The first-order chi connectivity index (χ1) is 9.60. The fourth-order valence-electron chi connectivity index (χ4n) is 3.53. The molecule has 2 saturated heterocycles. The maximum absolute atomic E-state index is 12.3. The van der Waals surface area contributed by atoms with Gasteiger partial charge in [-0.25, -0.2) is 0 Å². The molecule has 0 bridgehead atoms. The van der Waals surface area contributed by atoms with E-state index in [1.165, 1.54) is 0 Å². The fraction of sp³-hybridized carbons (Fsp3) is 0.625. The van der Waals surface area contributed by atoms with E-state index in [-0.39, 0.29) is 17.4 Å². The monoisotopic (exact) mass is 273 g/mol. The van der Waals surface area contributed by atoms with Crippen molar-refractivity contribution < 1.29 is 4.79 Å². The van der Waals surface area contributed by atoms with E-state index in [2.05, 4.69) is 29.0 Å². The lowest BCUT2D eigenvalue weighted by Gasteiger charge is -2.41. The van der Waals surface area contributed by atoms with Crippen molar-refractivity contribution in [1.82, 2.24) is 15.2 Å². The summed E-state index contributed by atoms with van der Waals surface area (Å²) in [7, 11) is 0. The van der Waals surface area contributed by atoms with Crippen LogP contribution in [0.5, 0.6) is 0 Å². The van der Waals surface area contributed by atoms with Crippen LogP contribution in [0.4, 0.5) is 0 Å². The van der Waals surface area contributed by atoms with E-state index >= 15 is 0 Å². The van der Waals surface area contributed by atoms with Gasteiger partial charge >= 0.3 is 0 Å². The second kappa shape index (κ2) is 5.17. The highest BCUT2D eigenvalue weighted by atomic mass is 16.2. The minimum Gasteiger partial charge on any atom is -0.350 e. The standard InChI is InChI=1S/C16H23N3O/c1-12(2)19-8-5-16(6-9-19)10-14(15(20)18-16)13-4-3-7-17-11-13/h3-4,7,11-12,14H,5-6,8-10H2,1-2H3,(H,18,20)/t14-/m1/s1. The SMILES string of the molecule is CC(C)N1CCC2(CC1)C[C@H](c1cccnc1)C(=O)N2. The van der Waals surface area contributed by atoms with Gasteiger partial charge in [-0.15, -0.1) is 0 Å². The molecule has 4 heteroatoms. The van der Waals surface area contributed by atoms with Gasteiger partial charge in [0.1, 0.15) is 0 Å². The molecule has 1 N–H and O–H groups in total. The third-order valence-corrected chi connectivity index (χ3v) is 4.87. The van der Waals surface area contributed by atoms with Gasteiger partial charge in [0, 0.05) is 37.1 Å². The number of likely N-dealkylation sites (tertiary alicyclic amines) is 1. The molecule has 0 unspecified atom stereocenters. The summed E-state index contributed by atoms with van der Waals surface area (Å²) in [4.78, 5) is 19.0. The fourth-order valence-corrected chi connectivity index (χ4v) is 3.53. The number of nitrogens with zero attached hydrogens (tertiary/aromatic N) is 2. The summed E-state index contributed by atoms with van der Waals surface area (Å²) in [5, 5.41) is 3.28. The lowest BCUT2D eigenvalue weighted by Crippen LogP contribution is -2.52. The molecule has 3 heterocycles. The molecule has 1 aromatic heterocycles. The number of carbonyl (C=O) groups is 1. The van der Waals surface area contributed by atoms with E-state index in [4.69, 9.17) is 0 Å². The van der Waals surface area contributed by atoms with Gasteiger partial charge in [-0.05, 0) is 44.7 Å². The Labute approximate surface area is 120 Å². The molecule has 0 aromatic carbocycles. The number of rotatable bonds is 2. The van der Waals surface area contributed by atoms with Crippen LogP contribution in [0, 0.1) is 0 Å². The molecule has 2 aliphatic rings. The highest BCUT2D eigenvalue weighted by molar-refractivity contribution is 5.87. The van der Waals surface area contributed by atoms with Crippen LogP contribution >= 0.6 is 0 Å². The Morgan fingerprint density at radius 1 is 1.40 bits per heavy atom. The number of hydrogen-bond acceptors (Lipinski definition) is 3. The van der Waals surface area contributed by atoms with Crippen molar-refractivity contribution in [1.29, 1.82) is 0 Å². The summed E-state index contributed by atoms with van der Waals surface area (Å²) >= 11 is 0. The van der Waals surface area contributed by atoms with Crippen LogP contribution in [0.15, 0.2) is 24.5 Å². The predicted octanol–water partition coefficient (Wildman–Crippen LogP) is 1.93. The number of piperidine rings is 1. The molecule has 4 nitrogen and oxygen atoms in total. The highest BCUT2D eigenvalue weighted by Gasteiger charge is 2.46. The normalized spacial score (nSPS) is 26.1. The number of amides is 1. The maximum Gasteiger partial charge on any atom is 0.228 e. The molecular formula is C16H23N3O. The topological polar surface area (TPSA) is 45.2 Å². The van der Waals surface area contributed by atoms with E-state index in [1.807, 2.05) is 18.3 Å². The zero-order valence-corrected chi connectivity index (χ0v) is 12.3. The van der Waals surface area contributed by atoms with Crippen molar-refractivity contribution in [3.63, 3.8) is 0 Å². The third kappa shape index (κ3) is 2.44. The molecule has 1 amide bonds. The highest BCUT2D eigenvalue weighted by Crippen LogP contribution is 2.39. The lowest BCUT2D eigenvalue weighted by atomic mass is 9.82. The van der Waals surface area contributed by atoms with Gasteiger partial charge in [0.2, 0.25) is 5.91 Å². The van der Waals surface area contributed by atoms with Gasteiger partial charge in [-0.2, -0.15) is 0 Å². The predicted molar refractivity (Wildman–Crippen MR) is 78.4 cm³/mol. The average Bonchev–Trinajstić information content (AvgIpc) is 2.77. The zero-order chi connectivity index (χ0) is 14.2. The van der Waals surface area contributed by atoms with Gasteiger partial charge < -0.3 is 10.2 Å². The minimum atomic E-state index is -0.0192. The van der Waals surface area contributed by atoms with Gasteiger partial charge in [-0.3, -0.25) is 9.78 Å². The summed E-state index contributed by atoms with van der Waals surface area (Å²) in [6, 6.07) is 4.52. The zero-order valence-electron chi connectivity index (χ0n) is 12.3. The van der Waals surface area contributed by atoms with E-state index in [0.717, 1.165) is 37.9 Å². The van der Waals surface area contributed by atoms with Crippen molar-refractivity contribution in [2.24, 2.45) is 0 Å².